The molecule has 8 heteroatoms. The average Bonchev–Trinajstić information content (AvgIpc) is 3.23. The van der Waals surface area contributed by atoms with E-state index in [-0.39, 0.29) is 11.7 Å². The van der Waals surface area contributed by atoms with Gasteiger partial charge in [0.1, 0.15) is 11.5 Å². The van der Waals surface area contributed by atoms with Crippen molar-refractivity contribution in [3.8, 4) is 5.69 Å². The van der Waals surface area contributed by atoms with Crippen molar-refractivity contribution in [1.29, 1.82) is 0 Å². The van der Waals surface area contributed by atoms with Crippen molar-refractivity contribution in [2.75, 3.05) is 26.2 Å². The smallest absolute Gasteiger partial charge is 0.293 e. The summed E-state index contributed by atoms with van der Waals surface area (Å²) in [4.78, 5) is 19.1. The summed E-state index contributed by atoms with van der Waals surface area (Å²) < 4.78 is 1.55. The van der Waals surface area contributed by atoms with Crippen molar-refractivity contribution >= 4 is 29.1 Å². The van der Waals surface area contributed by atoms with Crippen LogP contribution in [0.5, 0.6) is 0 Å². The van der Waals surface area contributed by atoms with Crippen LogP contribution < -0.4 is 5.32 Å². The van der Waals surface area contributed by atoms with Crippen LogP contribution in [0.3, 0.4) is 0 Å². The zero-order valence-corrected chi connectivity index (χ0v) is 16.1. The first-order valence-corrected chi connectivity index (χ1v) is 9.63. The molecule has 0 bridgehead atoms. The van der Waals surface area contributed by atoms with Gasteiger partial charge >= 0.3 is 0 Å². The first-order valence-electron chi connectivity index (χ1n) is 8.87. The molecule has 2 saturated heterocycles. The molecule has 138 valence electrons. The van der Waals surface area contributed by atoms with Crippen LogP contribution in [-0.2, 0) is 0 Å². The van der Waals surface area contributed by atoms with Gasteiger partial charge in [-0.05, 0) is 50.3 Å². The van der Waals surface area contributed by atoms with Crippen LogP contribution in [0, 0.1) is 12.3 Å². The van der Waals surface area contributed by atoms with Crippen molar-refractivity contribution in [2.24, 2.45) is 5.41 Å². The van der Waals surface area contributed by atoms with E-state index in [1.54, 1.807) is 29.8 Å². The Hall–Kier alpha value is -1.63. The molecule has 1 spiro atoms. The van der Waals surface area contributed by atoms with Crippen molar-refractivity contribution in [3.63, 3.8) is 0 Å². The largest absolute Gasteiger partial charge is 0.336 e. The molecule has 1 N–H and O–H groups in total. The summed E-state index contributed by atoms with van der Waals surface area (Å²) in [5.41, 5.74) is 0.916. The predicted octanol–water partition coefficient (Wildman–Crippen LogP) is 3.10. The molecule has 2 aliphatic rings. The topological polar surface area (TPSA) is 63.1 Å². The van der Waals surface area contributed by atoms with Crippen LogP contribution in [0.15, 0.2) is 18.2 Å². The van der Waals surface area contributed by atoms with Crippen LogP contribution in [-0.4, -0.2) is 51.8 Å². The molecule has 3 heterocycles. The van der Waals surface area contributed by atoms with Gasteiger partial charge in [-0.3, -0.25) is 4.79 Å². The van der Waals surface area contributed by atoms with Crippen LogP contribution in [0.4, 0.5) is 0 Å². The minimum Gasteiger partial charge on any atom is -0.336 e. The highest BCUT2D eigenvalue weighted by Crippen LogP contribution is 2.37. The van der Waals surface area contributed by atoms with Crippen LogP contribution in [0.25, 0.3) is 5.69 Å². The Bertz CT molecular complexity index is 814. The van der Waals surface area contributed by atoms with Gasteiger partial charge in [0.05, 0.1) is 10.0 Å². The Balaban J connectivity index is 1.55. The maximum absolute atomic E-state index is 12.9. The Morgan fingerprint density at radius 3 is 2.50 bits per heavy atom. The number of rotatable bonds is 2. The van der Waals surface area contributed by atoms with Crippen molar-refractivity contribution in [3.05, 3.63) is 39.9 Å². The van der Waals surface area contributed by atoms with E-state index in [0.29, 0.717) is 27.0 Å². The number of nitrogens with zero attached hydrogens (tertiary/aromatic N) is 4. The number of likely N-dealkylation sites (tertiary alicyclic amines) is 1. The van der Waals surface area contributed by atoms with Crippen molar-refractivity contribution in [2.45, 2.75) is 26.2 Å². The van der Waals surface area contributed by atoms with Gasteiger partial charge in [-0.15, -0.1) is 5.10 Å². The molecule has 1 amide bonds. The first-order chi connectivity index (χ1) is 12.5. The third-order valence-corrected chi connectivity index (χ3v) is 6.16. The van der Waals surface area contributed by atoms with Gasteiger partial charge in [0.25, 0.3) is 5.91 Å². The second kappa shape index (κ2) is 6.83. The van der Waals surface area contributed by atoms with Gasteiger partial charge < -0.3 is 10.2 Å². The third-order valence-electron chi connectivity index (χ3n) is 5.55. The maximum atomic E-state index is 12.9. The van der Waals surface area contributed by atoms with E-state index in [1.807, 2.05) is 4.90 Å². The minimum atomic E-state index is -0.129. The normalized spacial score (nSPS) is 19.3. The summed E-state index contributed by atoms with van der Waals surface area (Å²) in [5.74, 6) is 0.645. The molecule has 1 aromatic carbocycles. The van der Waals surface area contributed by atoms with E-state index in [4.69, 9.17) is 23.2 Å². The summed E-state index contributed by atoms with van der Waals surface area (Å²) in [6.07, 6.45) is 3.26. The van der Waals surface area contributed by atoms with Gasteiger partial charge in [-0.1, -0.05) is 29.3 Å². The molecule has 1 aromatic heterocycles. The minimum absolute atomic E-state index is 0.129. The number of halogens is 2. The molecular formula is C18H21Cl2N5O. The Kier molecular flexibility index (Phi) is 4.67. The Morgan fingerprint density at radius 1 is 1.19 bits per heavy atom. The fourth-order valence-corrected chi connectivity index (χ4v) is 4.49. The highest BCUT2D eigenvalue weighted by atomic mass is 35.5. The molecule has 0 radical (unpaired) electrons. The predicted molar refractivity (Wildman–Crippen MR) is 101 cm³/mol. The lowest BCUT2D eigenvalue weighted by molar-refractivity contribution is 0.0596. The second-order valence-corrected chi connectivity index (χ2v) is 8.00. The number of para-hydroxylation sites is 1. The lowest BCUT2D eigenvalue weighted by Crippen LogP contribution is -2.44. The number of amides is 1. The Labute approximate surface area is 162 Å². The second-order valence-electron chi connectivity index (χ2n) is 7.18. The fourth-order valence-electron chi connectivity index (χ4n) is 3.93. The SMILES string of the molecule is Cc1nc(C(=O)N2CCC3(CCNC3)CC2)nn1-c1c(Cl)cccc1Cl. The summed E-state index contributed by atoms with van der Waals surface area (Å²) in [5, 5.41) is 8.78. The zero-order chi connectivity index (χ0) is 18.3. The van der Waals surface area contributed by atoms with Crippen LogP contribution in [0.1, 0.15) is 35.7 Å². The van der Waals surface area contributed by atoms with Gasteiger partial charge in [0.15, 0.2) is 0 Å². The number of piperidine rings is 1. The number of carbonyl (C=O) groups excluding carboxylic acids is 1. The van der Waals surface area contributed by atoms with Crippen molar-refractivity contribution < 1.29 is 4.79 Å². The molecule has 0 aliphatic carbocycles. The average molecular weight is 394 g/mol. The van der Waals surface area contributed by atoms with E-state index in [2.05, 4.69) is 15.4 Å². The summed E-state index contributed by atoms with van der Waals surface area (Å²) in [7, 11) is 0. The van der Waals surface area contributed by atoms with Crippen LogP contribution >= 0.6 is 23.2 Å². The molecule has 2 aliphatic heterocycles. The lowest BCUT2D eigenvalue weighted by Gasteiger charge is -2.38. The van der Waals surface area contributed by atoms with E-state index < -0.39 is 0 Å². The van der Waals surface area contributed by atoms with Gasteiger partial charge in [-0.25, -0.2) is 9.67 Å². The molecular weight excluding hydrogens is 373 g/mol. The molecule has 0 atom stereocenters. The molecule has 0 saturated carbocycles. The number of hydrogen-bond acceptors (Lipinski definition) is 4. The van der Waals surface area contributed by atoms with Crippen LogP contribution in [0.2, 0.25) is 10.0 Å². The number of nitrogens with one attached hydrogen (secondary N) is 1. The monoisotopic (exact) mass is 393 g/mol. The summed E-state index contributed by atoms with van der Waals surface area (Å²) in [6.45, 7) is 5.43. The standard InChI is InChI=1S/C18H21Cl2N5O/c1-12-22-16(23-25(12)15-13(19)3-2-4-14(15)20)17(26)24-9-6-18(7-10-24)5-8-21-11-18/h2-4,21H,5-11H2,1H3. The number of carbonyl (C=O) groups is 1. The van der Waals surface area contributed by atoms with Gasteiger partial charge in [-0.2, -0.15) is 0 Å². The molecule has 6 nitrogen and oxygen atoms in total. The number of hydrogen-bond donors (Lipinski definition) is 1. The highest BCUT2D eigenvalue weighted by Gasteiger charge is 2.38. The highest BCUT2D eigenvalue weighted by molar-refractivity contribution is 6.37. The zero-order valence-electron chi connectivity index (χ0n) is 14.6. The van der Waals surface area contributed by atoms with Crippen molar-refractivity contribution in [1.82, 2.24) is 25.0 Å². The number of aryl methyl sites for hydroxylation is 1. The van der Waals surface area contributed by atoms with Gasteiger partial charge in [0.2, 0.25) is 5.82 Å². The summed E-state index contributed by atoms with van der Waals surface area (Å²) in [6, 6.07) is 5.25. The van der Waals surface area contributed by atoms with E-state index in [1.165, 1.54) is 6.42 Å². The first kappa shape index (κ1) is 17.8. The molecule has 26 heavy (non-hydrogen) atoms. The quantitative estimate of drug-likeness (QED) is 0.851. The third kappa shape index (κ3) is 3.10. The van der Waals surface area contributed by atoms with Gasteiger partial charge in [0, 0.05) is 19.6 Å². The summed E-state index contributed by atoms with van der Waals surface area (Å²) >= 11 is 12.5. The number of aromatic nitrogens is 3. The number of benzene rings is 1. The van der Waals surface area contributed by atoms with E-state index >= 15 is 0 Å². The molecule has 0 unspecified atom stereocenters. The fraction of sp³-hybridized carbons (Fsp3) is 0.500. The molecule has 2 aromatic rings. The van der Waals surface area contributed by atoms with E-state index in [9.17, 15) is 4.79 Å². The Morgan fingerprint density at radius 2 is 1.88 bits per heavy atom. The van der Waals surface area contributed by atoms with E-state index in [0.717, 1.165) is 39.0 Å². The lowest BCUT2D eigenvalue weighted by atomic mass is 9.78. The maximum Gasteiger partial charge on any atom is 0.293 e. The molecule has 4 rings (SSSR count). The molecule has 2 fully saturated rings.